The van der Waals surface area contributed by atoms with Crippen molar-refractivity contribution in [2.75, 3.05) is 18.0 Å². The van der Waals surface area contributed by atoms with E-state index in [4.69, 9.17) is 9.72 Å². The largest absolute Gasteiger partial charge is 0.372 e. The summed E-state index contributed by atoms with van der Waals surface area (Å²) in [7, 11) is 1.94. The van der Waals surface area contributed by atoms with E-state index >= 15 is 0 Å². The van der Waals surface area contributed by atoms with Gasteiger partial charge in [0.25, 0.3) is 0 Å². The Morgan fingerprint density at radius 2 is 2.00 bits per heavy atom. The van der Waals surface area contributed by atoms with E-state index in [-0.39, 0.29) is 12.2 Å². The Hall–Kier alpha value is -2.25. The summed E-state index contributed by atoms with van der Waals surface area (Å²) >= 11 is 1.67. The van der Waals surface area contributed by atoms with Crippen LogP contribution in [-0.4, -0.2) is 45.0 Å². The van der Waals surface area contributed by atoms with E-state index < -0.39 is 0 Å². The summed E-state index contributed by atoms with van der Waals surface area (Å²) < 4.78 is 7.69. The van der Waals surface area contributed by atoms with E-state index in [1.807, 2.05) is 24.0 Å². The van der Waals surface area contributed by atoms with Crippen molar-refractivity contribution < 1.29 is 4.74 Å². The number of hydrogen-bond acceptors (Lipinski definition) is 6. The van der Waals surface area contributed by atoms with Gasteiger partial charge in [0.1, 0.15) is 5.69 Å². The Labute approximate surface area is 151 Å². The van der Waals surface area contributed by atoms with Gasteiger partial charge in [-0.25, -0.2) is 9.97 Å². The molecule has 6 nitrogen and oxygen atoms in total. The van der Waals surface area contributed by atoms with E-state index in [2.05, 4.69) is 45.7 Å². The minimum Gasteiger partial charge on any atom is -0.372 e. The summed E-state index contributed by atoms with van der Waals surface area (Å²) in [4.78, 5) is 11.8. The Bertz CT molecular complexity index is 850. The second-order valence-electron chi connectivity index (χ2n) is 6.45. The molecular weight excluding hydrogens is 334 g/mol. The van der Waals surface area contributed by atoms with Gasteiger partial charge in [-0.3, -0.25) is 4.68 Å². The molecule has 0 spiro atoms. The third kappa shape index (κ3) is 3.17. The Balaban J connectivity index is 1.80. The van der Waals surface area contributed by atoms with Gasteiger partial charge in [-0.1, -0.05) is 0 Å². The molecule has 7 heteroatoms. The molecule has 0 amide bonds. The van der Waals surface area contributed by atoms with Gasteiger partial charge in [-0.05, 0) is 42.3 Å². The van der Waals surface area contributed by atoms with Crippen LogP contribution in [0.25, 0.3) is 22.5 Å². The molecule has 1 aliphatic heterocycles. The molecule has 3 aromatic heterocycles. The van der Waals surface area contributed by atoms with Crippen LogP contribution in [0.15, 0.2) is 35.3 Å². The fourth-order valence-corrected chi connectivity index (χ4v) is 3.95. The maximum absolute atomic E-state index is 5.83. The first-order chi connectivity index (χ1) is 12.1. The van der Waals surface area contributed by atoms with Crippen LogP contribution in [0.4, 0.5) is 5.95 Å². The van der Waals surface area contributed by atoms with Crippen molar-refractivity contribution in [1.29, 1.82) is 0 Å². The van der Waals surface area contributed by atoms with Crippen LogP contribution in [-0.2, 0) is 11.8 Å². The lowest BCUT2D eigenvalue weighted by Gasteiger charge is -2.35. The molecule has 3 aromatic rings. The van der Waals surface area contributed by atoms with Crippen molar-refractivity contribution in [3.63, 3.8) is 0 Å². The van der Waals surface area contributed by atoms with Gasteiger partial charge in [-0.15, -0.1) is 0 Å². The highest BCUT2D eigenvalue weighted by atomic mass is 32.1. The molecule has 1 aliphatic rings. The first-order valence-electron chi connectivity index (χ1n) is 8.40. The van der Waals surface area contributed by atoms with E-state index in [0.29, 0.717) is 0 Å². The van der Waals surface area contributed by atoms with Crippen LogP contribution < -0.4 is 4.90 Å². The highest BCUT2D eigenvalue weighted by Crippen LogP contribution is 2.32. The predicted octanol–water partition coefficient (Wildman–Crippen LogP) is 3.22. The molecule has 0 saturated carbocycles. The number of aromatic nitrogens is 4. The summed E-state index contributed by atoms with van der Waals surface area (Å²) in [5.41, 5.74) is 4.06. The number of ether oxygens (including phenoxy) is 1. The summed E-state index contributed by atoms with van der Waals surface area (Å²) in [6.45, 7) is 5.77. The van der Waals surface area contributed by atoms with Crippen molar-refractivity contribution in [3.8, 4) is 22.5 Å². The SMILES string of the molecule is C[C@@H]1CN(c2ncc(-c3ccsc3)c(-c3ccnn3C)n2)C[C@H](C)O1. The zero-order valence-corrected chi connectivity index (χ0v) is 15.4. The fourth-order valence-electron chi connectivity index (χ4n) is 3.30. The lowest BCUT2D eigenvalue weighted by molar-refractivity contribution is -0.00571. The van der Waals surface area contributed by atoms with Gasteiger partial charge in [0.05, 0.1) is 17.9 Å². The molecule has 130 valence electrons. The fraction of sp³-hybridized carbons (Fsp3) is 0.389. The molecule has 1 saturated heterocycles. The van der Waals surface area contributed by atoms with Crippen molar-refractivity contribution in [3.05, 3.63) is 35.3 Å². The van der Waals surface area contributed by atoms with Crippen molar-refractivity contribution in [1.82, 2.24) is 19.7 Å². The molecule has 25 heavy (non-hydrogen) atoms. The van der Waals surface area contributed by atoms with Crippen molar-refractivity contribution >= 4 is 17.3 Å². The monoisotopic (exact) mass is 355 g/mol. The van der Waals surface area contributed by atoms with E-state index in [1.165, 1.54) is 0 Å². The number of hydrogen-bond donors (Lipinski definition) is 0. The topological polar surface area (TPSA) is 56.1 Å². The molecule has 0 N–H and O–H groups in total. The van der Waals surface area contributed by atoms with Crippen LogP contribution in [0.1, 0.15) is 13.8 Å². The molecule has 0 unspecified atom stereocenters. The van der Waals surface area contributed by atoms with Gasteiger partial charge in [-0.2, -0.15) is 16.4 Å². The Morgan fingerprint density at radius 1 is 1.20 bits per heavy atom. The highest BCUT2D eigenvalue weighted by molar-refractivity contribution is 7.08. The molecule has 1 fully saturated rings. The molecule has 0 aromatic carbocycles. The zero-order valence-electron chi connectivity index (χ0n) is 14.6. The number of anilines is 1. The molecule has 2 atom stereocenters. The quantitative estimate of drug-likeness (QED) is 0.722. The molecule has 4 rings (SSSR count). The average Bonchev–Trinajstić information content (AvgIpc) is 3.25. The highest BCUT2D eigenvalue weighted by Gasteiger charge is 2.25. The molecular formula is C18H21N5OS. The normalized spacial score (nSPS) is 20.8. The van der Waals surface area contributed by atoms with Crippen molar-refractivity contribution in [2.24, 2.45) is 7.05 Å². The number of morpholine rings is 1. The summed E-state index contributed by atoms with van der Waals surface area (Å²) in [5, 5.41) is 8.50. The van der Waals surface area contributed by atoms with E-state index in [9.17, 15) is 0 Å². The predicted molar refractivity (Wildman–Crippen MR) is 99.8 cm³/mol. The molecule has 0 radical (unpaired) electrons. The van der Waals surface area contributed by atoms with E-state index in [1.54, 1.807) is 17.5 Å². The maximum atomic E-state index is 5.83. The summed E-state index contributed by atoms with van der Waals surface area (Å²) in [6.07, 6.45) is 4.07. The van der Waals surface area contributed by atoms with Gasteiger partial charge in [0, 0.05) is 38.1 Å². The smallest absolute Gasteiger partial charge is 0.226 e. The van der Waals surface area contributed by atoms with Gasteiger partial charge >= 0.3 is 0 Å². The third-order valence-electron chi connectivity index (χ3n) is 4.37. The van der Waals surface area contributed by atoms with Gasteiger partial charge in [0.2, 0.25) is 5.95 Å². The molecule has 4 heterocycles. The first-order valence-corrected chi connectivity index (χ1v) is 9.34. The maximum Gasteiger partial charge on any atom is 0.226 e. The van der Waals surface area contributed by atoms with Crippen LogP contribution in [0.3, 0.4) is 0 Å². The summed E-state index contributed by atoms with van der Waals surface area (Å²) in [5.74, 6) is 0.747. The number of rotatable bonds is 3. The average molecular weight is 355 g/mol. The van der Waals surface area contributed by atoms with Crippen LogP contribution in [0, 0.1) is 0 Å². The van der Waals surface area contributed by atoms with Crippen molar-refractivity contribution in [2.45, 2.75) is 26.1 Å². The third-order valence-corrected chi connectivity index (χ3v) is 5.06. The molecule has 0 bridgehead atoms. The molecule has 0 aliphatic carbocycles. The number of thiophene rings is 1. The lowest BCUT2D eigenvalue weighted by atomic mass is 10.1. The minimum atomic E-state index is 0.170. The minimum absolute atomic E-state index is 0.170. The van der Waals surface area contributed by atoms with Gasteiger partial charge in [0.15, 0.2) is 0 Å². The van der Waals surface area contributed by atoms with E-state index in [0.717, 1.165) is 41.6 Å². The Morgan fingerprint density at radius 3 is 2.64 bits per heavy atom. The van der Waals surface area contributed by atoms with Crippen LogP contribution in [0.2, 0.25) is 0 Å². The first kappa shape index (κ1) is 16.2. The number of nitrogens with zero attached hydrogens (tertiary/aromatic N) is 5. The van der Waals surface area contributed by atoms with Crippen LogP contribution in [0.5, 0.6) is 0 Å². The van der Waals surface area contributed by atoms with Crippen LogP contribution >= 0.6 is 11.3 Å². The Kier molecular flexibility index (Phi) is 4.27. The second kappa shape index (κ2) is 6.57. The van der Waals surface area contributed by atoms with Gasteiger partial charge < -0.3 is 9.64 Å². The zero-order chi connectivity index (χ0) is 17.4. The second-order valence-corrected chi connectivity index (χ2v) is 7.23. The standard InChI is InChI=1S/C18H21N5OS/c1-12-9-23(10-13(2)24-12)18-19-8-15(14-5-7-25-11-14)17(21-18)16-4-6-20-22(16)3/h4-8,11-13H,9-10H2,1-3H3/t12-,13+. The number of aryl methyl sites for hydroxylation is 1. The lowest BCUT2D eigenvalue weighted by Crippen LogP contribution is -2.46. The summed E-state index contributed by atoms with van der Waals surface area (Å²) in [6, 6.07) is 4.09.